The van der Waals surface area contributed by atoms with Crippen LogP contribution in [-0.2, 0) is 4.74 Å². The van der Waals surface area contributed by atoms with Gasteiger partial charge in [-0.05, 0) is 37.0 Å². The first-order valence-electron chi connectivity index (χ1n) is 7.00. The molecule has 0 aromatic heterocycles. The second kappa shape index (κ2) is 6.61. The molecule has 1 saturated heterocycles. The first-order chi connectivity index (χ1) is 9.58. The van der Waals surface area contributed by atoms with Crippen LogP contribution in [0.25, 0.3) is 0 Å². The molecule has 1 aliphatic rings. The van der Waals surface area contributed by atoms with E-state index in [4.69, 9.17) is 10.5 Å². The van der Waals surface area contributed by atoms with E-state index in [1.165, 1.54) is 0 Å². The molecule has 110 valence electrons. The second-order valence-electron chi connectivity index (χ2n) is 5.45. The van der Waals surface area contributed by atoms with E-state index in [0.29, 0.717) is 17.2 Å². The van der Waals surface area contributed by atoms with Gasteiger partial charge in [-0.25, -0.2) is 0 Å². The van der Waals surface area contributed by atoms with E-state index in [1.54, 1.807) is 31.1 Å². The summed E-state index contributed by atoms with van der Waals surface area (Å²) in [5.41, 5.74) is 8.10. The molecule has 1 aromatic carbocycles. The Morgan fingerprint density at radius 3 is 2.95 bits per heavy atom. The van der Waals surface area contributed by atoms with Crippen LogP contribution in [-0.4, -0.2) is 44.7 Å². The van der Waals surface area contributed by atoms with Crippen molar-refractivity contribution in [2.24, 2.45) is 5.92 Å². The van der Waals surface area contributed by atoms with Crippen molar-refractivity contribution in [3.05, 3.63) is 23.8 Å². The number of ether oxygens (including phenoxy) is 1. The minimum atomic E-state index is -0.0164. The Morgan fingerprint density at radius 1 is 1.50 bits per heavy atom. The number of anilines is 2. The van der Waals surface area contributed by atoms with Crippen molar-refractivity contribution < 1.29 is 9.53 Å². The molecule has 1 fully saturated rings. The smallest absolute Gasteiger partial charge is 0.253 e. The molecule has 0 aliphatic carbocycles. The number of carbonyl (C=O) groups is 1. The Morgan fingerprint density at radius 2 is 2.30 bits per heavy atom. The molecule has 1 aromatic rings. The summed E-state index contributed by atoms with van der Waals surface area (Å²) in [6.07, 6.45) is 2.20. The fraction of sp³-hybridized carbons (Fsp3) is 0.533. The van der Waals surface area contributed by atoms with Crippen molar-refractivity contribution in [2.45, 2.75) is 12.8 Å². The maximum Gasteiger partial charge on any atom is 0.253 e. The van der Waals surface area contributed by atoms with E-state index in [2.05, 4.69) is 5.32 Å². The third-order valence-electron chi connectivity index (χ3n) is 3.60. The normalized spacial score (nSPS) is 18.0. The summed E-state index contributed by atoms with van der Waals surface area (Å²) in [6, 6.07) is 5.36. The zero-order valence-corrected chi connectivity index (χ0v) is 12.2. The molecule has 1 atom stereocenters. The Balaban J connectivity index is 1.95. The van der Waals surface area contributed by atoms with Gasteiger partial charge < -0.3 is 20.7 Å². The number of hydrogen-bond acceptors (Lipinski definition) is 4. The first kappa shape index (κ1) is 14.7. The van der Waals surface area contributed by atoms with Gasteiger partial charge in [-0.2, -0.15) is 0 Å². The molecule has 0 saturated carbocycles. The minimum Gasteiger partial charge on any atom is -0.397 e. The van der Waals surface area contributed by atoms with Crippen LogP contribution in [0.1, 0.15) is 23.2 Å². The number of benzene rings is 1. The number of nitrogen functional groups attached to an aromatic ring is 1. The van der Waals surface area contributed by atoms with Crippen LogP contribution in [0, 0.1) is 5.92 Å². The van der Waals surface area contributed by atoms with E-state index in [1.807, 2.05) is 6.07 Å². The maximum absolute atomic E-state index is 11.9. The molecular formula is C15H23N3O2. The van der Waals surface area contributed by atoms with E-state index < -0.39 is 0 Å². The molecule has 20 heavy (non-hydrogen) atoms. The maximum atomic E-state index is 11.9. The summed E-state index contributed by atoms with van der Waals surface area (Å²) in [4.78, 5) is 13.5. The number of carbonyl (C=O) groups excluding carboxylic acids is 1. The van der Waals surface area contributed by atoms with Gasteiger partial charge in [0.2, 0.25) is 0 Å². The molecule has 2 rings (SSSR count). The predicted molar refractivity (Wildman–Crippen MR) is 80.9 cm³/mol. The highest BCUT2D eigenvalue weighted by molar-refractivity contribution is 5.95. The molecule has 5 nitrogen and oxygen atoms in total. The number of amides is 1. The van der Waals surface area contributed by atoms with Gasteiger partial charge in [-0.1, -0.05) is 0 Å². The van der Waals surface area contributed by atoms with Gasteiger partial charge in [0.25, 0.3) is 5.91 Å². The van der Waals surface area contributed by atoms with Crippen molar-refractivity contribution in [3.63, 3.8) is 0 Å². The van der Waals surface area contributed by atoms with Gasteiger partial charge in [-0.15, -0.1) is 0 Å². The van der Waals surface area contributed by atoms with Crippen molar-refractivity contribution in [1.29, 1.82) is 0 Å². The molecule has 1 amide bonds. The standard InChI is InChI=1S/C15H23N3O2/c1-18(2)15(19)12-3-4-13(16)14(9-12)17-7-5-11-6-8-20-10-11/h3-4,9,11,17H,5-8,10,16H2,1-2H3. The highest BCUT2D eigenvalue weighted by Crippen LogP contribution is 2.22. The van der Waals surface area contributed by atoms with Gasteiger partial charge in [-0.3, -0.25) is 4.79 Å². The lowest BCUT2D eigenvalue weighted by molar-refractivity contribution is 0.0827. The minimum absolute atomic E-state index is 0.0164. The average molecular weight is 277 g/mol. The third-order valence-corrected chi connectivity index (χ3v) is 3.60. The Hall–Kier alpha value is -1.75. The fourth-order valence-corrected chi connectivity index (χ4v) is 2.32. The monoisotopic (exact) mass is 277 g/mol. The van der Waals surface area contributed by atoms with Gasteiger partial charge in [0.15, 0.2) is 0 Å². The van der Waals surface area contributed by atoms with Crippen LogP contribution < -0.4 is 11.1 Å². The quantitative estimate of drug-likeness (QED) is 0.805. The van der Waals surface area contributed by atoms with Crippen LogP contribution in [0.5, 0.6) is 0 Å². The molecule has 3 N–H and O–H groups in total. The van der Waals surface area contributed by atoms with Crippen molar-refractivity contribution in [1.82, 2.24) is 4.90 Å². The lowest BCUT2D eigenvalue weighted by Crippen LogP contribution is -2.22. The van der Waals surface area contributed by atoms with Gasteiger partial charge in [0, 0.05) is 39.4 Å². The van der Waals surface area contributed by atoms with E-state index in [9.17, 15) is 4.79 Å². The molecule has 0 spiro atoms. The SMILES string of the molecule is CN(C)C(=O)c1ccc(N)c(NCCC2CCOC2)c1. The second-order valence-corrected chi connectivity index (χ2v) is 5.45. The summed E-state index contributed by atoms with van der Waals surface area (Å²) < 4.78 is 5.36. The van der Waals surface area contributed by atoms with Crippen molar-refractivity contribution >= 4 is 17.3 Å². The lowest BCUT2D eigenvalue weighted by Gasteiger charge is -2.15. The van der Waals surface area contributed by atoms with E-state index >= 15 is 0 Å². The number of hydrogen-bond donors (Lipinski definition) is 2. The van der Waals surface area contributed by atoms with Gasteiger partial charge in [0.05, 0.1) is 11.4 Å². The summed E-state index contributed by atoms with van der Waals surface area (Å²) in [7, 11) is 3.48. The molecule has 0 radical (unpaired) electrons. The molecule has 1 aliphatic heterocycles. The largest absolute Gasteiger partial charge is 0.397 e. The third kappa shape index (κ3) is 3.63. The lowest BCUT2D eigenvalue weighted by atomic mass is 10.1. The summed E-state index contributed by atoms with van der Waals surface area (Å²) in [5, 5.41) is 3.32. The zero-order chi connectivity index (χ0) is 14.5. The highest BCUT2D eigenvalue weighted by atomic mass is 16.5. The predicted octanol–water partition coefficient (Wildman–Crippen LogP) is 1.81. The zero-order valence-electron chi connectivity index (χ0n) is 12.2. The molecule has 5 heteroatoms. The van der Waals surface area contributed by atoms with Crippen molar-refractivity contribution in [3.8, 4) is 0 Å². The Kier molecular flexibility index (Phi) is 4.84. The summed E-state index contributed by atoms with van der Waals surface area (Å²) >= 11 is 0. The highest BCUT2D eigenvalue weighted by Gasteiger charge is 2.15. The molecule has 1 unspecified atom stereocenters. The number of rotatable bonds is 5. The van der Waals surface area contributed by atoms with Crippen molar-refractivity contribution in [2.75, 3.05) is 44.9 Å². The van der Waals surface area contributed by atoms with Gasteiger partial charge in [0.1, 0.15) is 0 Å². The first-order valence-corrected chi connectivity index (χ1v) is 7.00. The fourth-order valence-electron chi connectivity index (χ4n) is 2.32. The van der Waals surface area contributed by atoms with Gasteiger partial charge >= 0.3 is 0 Å². The number of nitrogens with one attached hydrogen (secondary N) is 1. The Bertz CT molecular complexity index is 468. The van der Waals surface area contributed by atoms with Crippen LogP contribution in [0.15, 0.2) is 18.2 Å². The van der Waals surface area contributed by atoms with E-state index in [-0.39, 0.29) is 5.91 Å². The number of nitrogens with zero attached hydrogens (tertiary/aromatic N) is 1. The molecular weight excluding hydrogens is 254 g/mol. The van der Waals surface area contributed by atoms with Crippen LogP contribution in [0.3, 0.4) is 0 Å². The Labute approximate surface area is 120 Å². The van der Waals surface area contributed by atoms with E-state index in [0.717, 1.165) is 38.3 Å². The topological polar surface area (TPSA) is 67.6 Å². The molecule has 0 bridgehead atoms. The summed E-state index contributed by atoms with van der Waals surface area (Å²) in [6.45, 7) is 2.58. The van der Waals surface area contributed by atoms with Crippen LogP contribution >= 0.6 is 0 Å². The molecule has 1 heterocycles. The average Bonchev–Trinajstić information content (AvgIpc) is 2.93. The number of nitrogens with two attached hydrogens (primary N) is 1. The van der Waals surface area contributed by atoms with Crippen LogP contribution in [0.4, 0.5) is 11.4 Å². The van der Waals surface area contributed by atoms with Crippen LogP contribution in [0.2, 0.25) is 0 Å². The summed E-state index contributed by atoms with van der Waals surface area (Å²) in [5.74, 6) is 0.618.